The van der Waals surface area contributed by atoms with Crippen molar-refractivity contribution in [3.8, 4) is 0 Å². The summed E-state index contributed by atoms with van der Waals surface area (Å²) in [6, 6.07) is 0. The van der Waals surface area contributed by atoms with Crippen molar-refractivity contribution in [1.82, 2.24) is 0 Å². The van der Waals surface area contributed by atoms with Crippen molar-refractivity contribution < 1.29 is 0 Å². The minimum Gasteiger partial charge on any atom is -0.325 e. The summed E-state index contributed by atoms with van der Waals surface area (Å²) in [6.07, 6.45) is 5.04. The fourth-order valence-electron chi connectivity index (χ4n) is 1.65. The zero-order chi connectivity index (χ0) is 6.91. The molecule has 54 valence electrons. The smallest absolute Gasteiger partial charge is 0.0184 e. The molecular formula is C8H17N. The van der Waals surface area contributed by atoms with Gasteiger partial charge in [0.15, 0.2) is 0 Å². The third-order valence-electron chi connectivity index (χ3n) is 2.63. The topological polar surface area (TPSA) is 26.0 Å². The Morgan fingerprint density at radius 3 is 1.89 bits per heavy atom. The van der Waals surface area contributed by atoms with Crippen molar-refractivity contribution in [2.24, 2.45) is 11.7 Å². The predicted octanol–water partition coefficient (Wildman–Crippen LogP) is 1.91. The minimum absolute atomic E-state index is 0.267. The van der Waals surface area contributed by atoms with Gasteiger partial charge in [0, 0.05) is 5.54 Å². The fourth-order valence-corrected chi connectivity index (χ4v) is 1.65. The average Bonchev–Trinajstić information content (AvgIpc) is 2.52. The molecule has 0 aliphatic heterocycles. The normalized spacial score (nSPS) is 22.7. The Labute approximate surface area is 57.6 Å². The zero-order valence-electron chi connectivity index (χ0n) is 6.48. The van der Waals surface area contributed by atoms with Gasteiger partial charge in [-0.2, -0.15) is 0 Å². The van der Waals surface area contributed by atoms with Crippen LogP contribution in [0.4, 0.5) is 0 Å². The molecule has 1 aliphatic rings. The van der Waals surface area contributed by atoms with Crippen LogP contribution in [-0.2, 0) is 0 Å². The second-order valence-corrected chi connectivity index (χ2v) is 3.25. The highest BCUT2D eigenvalue weighted by molar-refractivity contribution is 5.02. The van der Waals surface area contributed by atoms with Crippen LogP contribution in [-0.4, -0.2) is 5.54 Å². The Kier molecular flexibility index (Phi) is 1.80. The maximum Gasteiger partial charge on any atom is 0.0184 e. The van der Waals surface area contributed by atoms with Gasteiger partial charge in [0.05, 0.1) is 0 Å². The van der Waals surface area contributed by atoms with Crippen molar-refractivity contribution in [2.75, 3.05) is 0 Å². The highest BCUT2D eigenvalue weighted by Crippen LogP contribution is 2.42. The third-order valence-corrected chi connectivity index (χ3v) is 2.63. The van der Waals surface area contributed by atoms with E-state index < -0.39 is 0 Å². The van der Waals surface area contributed by atoms with Crippen LogP contribution in [0.3, 0.4) is 0 Å². The molecule has 9 heavy (non-hydrogen) atoms. The number of rotatable bonds is 3. The van der Waals surface area contributed by atoms with E-state index >= 15 is 0 Å². The Hall–Kier alpha value is -0.0400. The third kappa shape index (κ3) is 1.26. The summed E-state index contributed by atoms with van der Waals surface area (Å²) in [5.41, 5.74) is 6.28. The molecule has 0 aromatic carbocycles. The van der Waals surface area contributed by atoms with Gasteiger partial charge in [0.25, 0.3) is 0 Å². The van der Waals surface area contributed by atoms with E-state index in [4.69, 9.17) is 5.73 Å². The van der Waals surface area contributed by atoms with Gasteiger partial charge in [0.1, 0.15) is 0 Å². The van der Waals surface area contributed by atoms with Crippen molar-refractivity contribution in [1.29, 1.82) is 0 Å². The summed E-state index contributed by atoms with van der Waals surface area (Å²) < 4.78 is 0. The Bertz CT molecular complexity index is 90.7. The molecule has 2 N–H and O–H groups in total. The Balaban J connectivity index is 2.37. The number of hydrogen-bond acceptors (Lipinski definition) is 1. The van der Waals surface area contributed by atoms with Crippen LogP contribution in [0.25, 0.3) is 0 Å². The average molecular weight is 127 g/mol. The molecule has 1 saturated carbocycles. The summed E-state index contributed by atoms with van der Waals surface area (Å²) in [6.45, 7) is 4.47. The highest BCUT2D eigenvalue weighted by atomic mass is 14.8. The standard InChI is InChI=1S/C8H17N/c1-3-7(4-2)8(9)5-6-8/h7H,3-6,9H2,1-2H3. The second-order valence-electron chi connectivity index (χ2n) is 3.25. The van der Waals surface area contributed by atoms with Gasteiger partial charge in [0.2, 0.25) is 0 Å². The molecule has 1 fully saturated rings. The first-order valence-corrected chi connectivity index (χ1v) is 4.02. The second kappa shape index (κ2) is 2.30. The van der Waals surface area contributed by atoms with Gasteiger partial charge in [-0.3, -0.25) is 0 Å². The van der Waals surface area contributed by atoms with Crippen molar-refractivity contribution in [3.63, 3.8) is 0 Å². The largest absolute Gasteiger partial charge is 0.325 e. The summed E-state index contributed by atoms with van der Waals surface area (Å²) in [5.74, 6) is 0.789. The minimum atomic E-state index is 0.267. The molecule has 0 aromatic rings. The maximum absolute atomic E-state index is 6.01. The van der Waals surface area contributed by atoms with E-state index in [2.05, 4.69) is 13.8 Å². The monoisotopic (exact) mass is 127 g/mol. The lowest BCUT2D eigenvalue weighted by molar-refractivity contribution is 0.379. The number of hydrogen-bond donors (Lipinski definition) is 1. The molecule has 0 saturated heterocycles. The molecule has 0 unspecified atom stereocenters. The lowest BCUT2D eigenvalue weighted by Gasteiger charge is -2.19. The first kappa shape index (κ1) is 7.07. The highest BCUT2D eigenvalue weighted by Gasteiger charge is 2.43. The van der Waals surface area contributed by atoms with E-state index in [1.54, 1.807) is 0 Å². The van der Waals surface area contributed by atoms with E-state index in [-0.39, 0.29) is 5.54 Å². The summed E-state index contributed by atoms with van der Waals surface area (Å²) in [5, 5.41) is 0. The molecule has 0 radical (unpaired) electrons. The van der Waals surface area contributed by atoms with E-state index in [0.29, 0.717) is 0 Å². The van der Waals surface area contributed by atoms with E-state index in [1.807, 2.05) is 0 Å². The molecule has 0 amide bonds. The Morgan fingerprint density at radius 1 is 1.33 bits per heavy atom. The molecule has 0 atom stereocenters. The molecule has 0 bridgehead atoms. The first-order valence-electron chi connectivity index (χ1n) is 4.02. The van der Waals surface area contributed by atoms with Gasteiger partial charge in [-0.05, 0) is 18.8 Å². The molecule has 1 aliphatic carbocycles. The molecule has 0 aromatic heterocycles. The van der Waals surface area contributed by atoms with Gasteiger partial charge in [-0.15, -0.1) is 0 Å². The van der Waals surface area contributed by atoms with Crippen LogP contribution < -0.4 is 5.73 Å². The number of nitrogens with two attached hydrogens (primary N) is 1. The molecule has 1 heteroatoms. The Morgan fingerprint density at radius 2 is 1.78 bits per heavy atom. The van der Waals surface area contributed by atoms with Crippen molar-refractivity contribution in [2.45, 2.75) is 45.1 Å². The van der Waals surface area contributed by atoms with Crippen molar-refractivity contribution in [3.05, 3.63) is 0 Å². The molecule has 1 rings (SSSR count). The van der Waals surface area contributed by atoms with E-state index in [9.17, 15) is 0 Å². The lowest BCUT2D eigenvalue weighted by atomic mass is 9.93. The molecule has 0 heterocycles. The molecule has 1 nitrogen and oxygen atoms in total. The van der Waals surface area contributed by atoms with Crippen LogP contribution in [0.15, 0.2) is 0 Å². The van der Waals surface area contributed by atoms with Gasteiger partial charge >= 0.3 is 0 Å². The van der Waals surface area contributed by atoms with Crippen LogP contribution in [0.5, 0.6) is 0 Å². The lowest BCUT2D eigenvalue weighted by Crippen LogP contribution is -2.31. The van der Waals surface area contributed by atoms with Gasteiger partial charge in [-0.25, -0.2) is 0 Å². The van der Waals surface area contributed by atoms with Crippen LogP contribution >= 0.6 is 0 Å². The van der Waals surface area contributed by atoms with E-state index in [0.717, 1.165) is 5.92 Å². The fraction of sp³-hybridized carbons (Fsp3) is 1.00. The summed E-state index contributed by atoms with van der Waals surface area (Å²) >= 11 is 0. The van der Waals surface area contributed by atoms with Crippen LogP contribution in [0, 0.1) is 5.92 Å². The summed E-state index contributed by atoms with van der Waals surface area (Å²) in [4.78, 5) is 0. The zero-order valence-corrected chi connectivity index (χ0v) is 6.48. The first-order chi connectivity index (χ1) is 4.23. The van der Waals surface area contributed by atoms with Gasteiger partial charge in [-0.1, -0.05) is 26.7 Å². The predicted molar refractivity (Wildman–Crippen MR) is 40.2 cm³/mol. The van der Waals surface area contributed by atoms with E-state index in [1.165, 1.54) is 25.7 Å². The van der Waals surface area contributed by atoms with Gasteiger partial charge < -0.3 is 5.73 Å². The maximum atomic E-state index is 6.01. The SMILES string of the molecule is CCC(CC)C1(N)CC1. The van der Waals surface area contributed by atoms with Crippen molar-refractivity contribution >= 4 is 0 Å². The molecular weight excluding hydrogens is 110 g/mol. The molecule has 0 spiro atoms. The van der Waals surface area contributed by atoms with Crippen LogP contribution in [0.2, 0.25) is 0 Å². The van der Waals surface area contributed by atoms with Crippen LogP contribution in [0.1, 0.15) is 39.5 Å². The summed E-state index contributed by atoms with van der Waals surface area (Å²) in [7, 11) is 0. The quantitative estimate of drug-likeness (QED) is 0.615.